The molecule has 0 bridgehead atoms. The van der Waals surface area contributed by atoms with Gasteiger partial charge in [0.2, 0.25) is 0 Å². The van der Waals surface area contributed by atoms with Gasteiger partial charge < -0.3 is 0 Å². The van der Waals surface area contributed by atoms with Crippen LogP contribution in [-0.4, -0.2) is 0 Å². The normalized spacial score (nSPS) is 12.4. The van der Waals surface area contributed by atoms with Crippen molar-refractivity contribution in [3.63, 3.8) is 0 Å². The van der Waals surface area contributed by atoms with Crippen LogP contribution in [-0.2, 0) is 6.42 Å². The van der Waals surface area contributed by atoms with Crippen molar-refractivity contribution >= 4 is 11.6 Å². The minimum Gasteiger partial charge on any atom is -0.271 e. The summed E-state index contributed by atoms with van der Waals surface area (Å²) in [4.78, 5) is 0. The first-order chi connectivity index (χ1) is 9.13. The lowest BCUT2D eigenvalue weighted by molar-refractivity contribution is 0.499. The molecule has 0 aliphatic heterocycles. The number of nitrogens with one attached hydrogen (secondary N) is 1. The molecule has 0 heterocycles. The second-order valence-electron chi connectivity index (χ2n) is 4.16. The van der Waals surface area contributed by atoms with Gasteiger partial charge in [0.05, 0.1) is 11.1 Å². The van der Waals surface area contributed by atoms with Gasteiger partial charge in [-0.05, 0) is 24.1 Å². The van der Waals surface area contributed by atoms with E-state index in [4.69, 9.17) is 17.4 Å². The lowest BCUT2D eigenvalue weighted by Crippen LogP contribution is -2.30. The summed E-state index contributed by atoms with van der Waals surface area (Å²) >= 11 is 5.72. The predicted octanol–water partition coefficient (Wildman–Crippen LogP) is 3.37. The Morgan fingerprint density at radius 2 is 1.84 bits per heavy atom. The molecule has 2 aromatic rings. The second-order valence-corrected chi connectivity index (χ2v) is 4.57. The molecule has 19 heavy (non-hydrogen) atoms. The minimum absolute atomic E-state index is 0.0433. The Labute approximate surface area is 115 Å². The highest BCUT2D eigenvalue weighted by molar-refractivity contribution is 6.30. The third kappa shape index (κ3) is 3.10. The monoisotopic (exact) mass is 282 g/mol. The molecule has 3 N–H and O–H groups in total. The number of hydrogen-bond donors (Lipinski definition) is 2. The van der Waals surface area contributed by atoms with Crippen LogP contribution in [0.1, 0.15) is 17.2 Å². The van der Waals surface area contributed by atoms with Crippen molar-refractivity contribution < 1.29 is 8.78 Å². The molecule has 0 amide bonds. The Kier molecular flexibility index (Phi) is 4.47. The maximum atomic E-state index is 13.8. The Morgan fingerprint density at radius 1 is 1.11 bits per heavy atom. The lowest BCUT2D eigenvalue weighted by Gasteiger charge is -2.17. The Bertz CT molecular complexity index is 575. The van der Waals surface area contributed by atoms with E-state index in [2.05, 4.69) is 5.43 Å². The SMILES string of the molecule is NNC(Cc1cccc(Cl)c1F)c1ccccc1F. The van der Waals surface area contributed by atoms with Crippen molar-refractivity contribution in [1.29, 1.82) is 0 Å². The average Bonchev–Trinajstić information content (AvgIpc) is 2.41. The van der Waals surface area contributed by atoms with Crippen LogP contribution < -0.4 is 11.3 Å². The van der Waals surface area contributed by atoms with Gasteiger partial charge in [0.15, 0.2) is 0 Å². The van der Waals surface area contributed by atoms with Gasteiger partial charge in [-0.2, -0.15) is 0 Å². The molecule has 0 saturated heterocycles. The van der Waals surface area contributed by atoms with E-state index < -0.39 is 11.9 Å². The summed E-state index contributed by atoms with van der Waals surface area (Å²) < 4.78 is 27.5. The molecule has 2 nitrogen and oxygen atoms in total. The number of rotatable bonds is 4. The first-order valence-electron chi connectivity index (χ1n) is 5.77. The summed E-state index contributed by atoms with van der Waals surface area (Å²) in [6, 6.07) is 10.4. The lowest BCUT2D eigenvalue weighted by atomic mass is 9.98. The minimum atomic E-state index is -0.519. The Balaban J connectivity index is 2.30. The highest BCUT2D eigenvalue weighted by atomic mass is 35.5. The van der Waals surface area contributed by atoms with E-state index in [0.717, 1.165) is 0 Å². The first-order valence-corrected chi connectivity index (χ1v) is 6.14. The number of nitrogens with two attached hydrogens (primary N) is 1. The van der Waals surface area contributed by atoms with Crippen molar-refractivity contribution in [3.05, 3.63) is 70.2 Å². The first kappa shape index (κ1) is 13.9. The van der Waals surface area contributed by atoms with Crippen molar-refractivity contribution in [2.45, 2.75) is 12.5 Å². The summed E-state index contributed by atoms with van der Waals surface area (Å²) in [6.07, 6.45) is 0.212. The third-order valence-electron chi connectivity index (χ3n) is 2.94. The van der Waals surface area contributed by atoms with Crippen molar-refractivity contribution in [2.75, 3.05) is 0 Å². The van der Waals surface area contributed by atoms with Crippen molar-refractivity contribution in [2.24, 2.45) is 5.84 Å². The van der Waals surface area contributed by atoms with Crippen LogP contribution in [0.5, 0.6) is 0 Å². The quantitative estimate of drug-likeness (QED) is 0.666. The number of hydrogen-bond acceptors (Lipinski definition) is 2. The molecule has 5 heteroatoms. The Hall–Kier alpha value is -1.49. The molecule has 0 radical (unpaired) electrons. The zero-order valence-corrected chi connectivity index (χ0v) is 10.8. The van der Waals surface area contributed by atoms with Crippen LogP contribution >= 0.6 is 11.6 Å². The second kappa shape index (κ2) is 6.10. The molecule has 0 fully saturated rings. The summed E-state index contributed by atoms with van der Waals surface area (Å²) in [5.41, 5.74) is 3.29. The molecular weight excluding hydrogens is 270 g/mol. The molecule has 0 spiro atoms. The summed E-state index contributed by atoms with van der Waals surface area (Å²) in [5, 5.41) is 0.0433. The summed E-state index contributed by atoms with van der Waals surface area (Å²) in [7, 11) is 0. The summed E-state index contributed by atoms with van der Waals surface area (Å²) in [6.45, 7) is 0. The Morgan fingerprint density at radius 3 is 2.53 bits per heavy atom. The molecule has 100 valence electrons. The van der Waals surface area contributed by atoms with Crippen LogP contribution in [0.4, 0.5) is 8.78 Å². The molecule has 0 saturated carbocycles. The topological polar surface area (TPSA) is 38.0 Å². The molecular formula is C14H13ClF2N2. The van der Waals surface area contributed by atoms with Crippen LogP contribution in [0, 0.1) is 11.6 Å². The fourth-order valence-corrected chi connectivity index (χ4v) is 2.14. The number of hydrazine groups is 1. The van der Waals surface area contributed by atoms with E-state index >= 15 is 0 Å². The average molecular weight is 283 g/mol. The molecule has 0 aliphatic carbocycles. The van der Waals surface area contributed by atoms with E-state index in [1.165, 1.54) is 12.1 Å². The van der Waals surface area contributed by atoms with E-state index in [0.29, 0.717) is 11.1 Å². The smallest absolute Gasteiger partial charge is 0.145 e. The fourth-order valence-electron chi connectivity index (χ4n) is 1.94. The van der Waals surface area contributed by atoms with Gasteiger partial charge >= 0.3 is 0 Å². The number of benzene rings is 2. The number of halogens is 3. The van der Waals surface area contributed by atoms with Crippen molar-refractivity contribution in [3.8, 4) is 0 Å². The zero-order chi connectivity index (χ0) is 13.8. The molecule has 2 rings (SSSR count). The molecule has 1 unspecified atom stereocenters. The zero-order valence-electron chi connectivity index (χ0n) is 10.0. The van der Waals surface area contributed by atoms with Gasteiger partial charge in [-0.15, -0.1) is 0 Å². The fraction of sp³-hybridized carbons (Fsp3) is 0.143. The molecule has 2 aromatic carbocycles. The third-order valence-corrected chi connectivity index (χ3v) is 3.23. The summed E-state index contributed by atoms with van der Waals surface area (Å²) in [5.74, 6) is 4.56. The van der Waals surface area contributed by atoms with Gasteiger partial charge in [-0.1, -0.05) is 41.9 Å². The highest BCUT2D eigenvalue weighted by Crippen LogP contribution is 2.24. The van der Waals surface area contributed by atoms with Gasteiger partial charge in [0, 0.05) is 5.56 Å². The largest absolute Gasteiger partial charge is 0.271 e. The molecule has 0 aliphatic rings. The standard InChI is InChI=1S/C14H13ClF2N2/c15-11-6-3-4-9(14(11)17)8-13(19-18)10-5-1-2-7-12(10)16/h1-7,13,19H,8,18H2. The van der Waals surface area contributed by atoms with E-state index in [1.54, 1.807) is 30.3 Å². The van der Waals surface area contributed by atoms with Crippen LogP contribution in [0.3, 0.4) is 0 Å². The van der Waals surface area contributed by atoms with Crippen molar-refractivity contribution in [1.82, 2.24) is 5.43 Å². The predicted molar refractivity (Wildman–Crippen MR) is 71.6 cm³/mol. The maximum absolute atomic E-state index is 13.8. The van der Waals surface area contributed by atoms with Crippen LogP contribution in [0.15, 0.2) is 42.5 Å². The van der Waals surface area contributed by atoms with Gasteiger partial charge in [-0.3, -0.25) is 11.3 Å². The molecule has 0 aromatic heterocycles. The van der Waals surface area contributed by atoms with Crippen LogP contribution in [0.2, 0.25) is 5.02 Å². The van der Waals surface area contributed by atoms with E-state index in [9.17, 15) is 8.78 Å². The van der Waals surface area contributed by atoms with E-state index in [-0.39, 0.29) is 17.3 Å². The highest BCUT2D eigenvalue weighted by Gasteiger charge is 2.17. The molecule has 1 atom stereocenters. The van der Waals surface area contributed by atoms with Crippen LogP contribution in [0.25, 0.3) is 0 Å². The maximum Gasteiger partial charge on any atom is 0.145 e. The van der Waals surface area contributed by atoms with Gasteiger partial charge in [0.1, 0.15) is 11.6 Å². The van der Waals surface area contributed by atoms with E-state index in [1.807, 2.05) is 0 Å². The van der Waals surface area contributed by atoms with Gasteiger partial charge in [0.25, 0.3) is 0 Å². The van der Waals surface area contributed by atoms with Gasteiger partial charge in [-0.25, -0.2) is 8.78 Å².